The summed E-state index contributed by atoms with van der Waals surface area (Å²) in [6.07, 6.45) is 0. The monoisotopic (exact) mass is 360 g/mol. The normalized spacial score (nSPS) is 14.4. The number of aromatic nitrogens is 1. The SMILES string of the molecule is Cc1nc(CN(C)C(=O)NCc2ccc(N3CCOCC3)cc2)cs1. The number of morpholine rings is 1. The van der Waals surface area contributed by atoms with Crippen molar-refractivity contribution in [2.75, 3.05) is 38.3 Å². The highest BCUT2D eigenvalue weighted by atomic mass is 32.1. The lowest BCUT2D eigenvalue weighted by Gasteiger charge is -2.29. The molecule has 0 atom stereocenters. The number of carbonyl (C=O) groups excluding carboxylic acids is 1. The summed E-state index contributed by atoms with van der Waals surface area (Å²) in [5.74, 6) is 0. The van der Waals surface area contributed by atoms with Gasteiger partial charge in [-0.05, 0) is 24.6 Å². The molecule has 3 rings (SSSR count). The Hall–Kier alpha value is -2.12. The van der Waals surface area contributed by atoms with E-state index in [1.807, 2.05) is 12.3 Å². The Kier molecular flexibility index (Phi) is 5.88. The van der Waals surface area contributed by atoms with Gasteiger partial charge >= 0.3 is 6.03 Å². The van der Waals surface area contributed by atoms with Gasteiger partial charge in [-0.1, -0.05) is 12.1 Å². The second-order valence-corrected chi connectivity index (χ2v) is 7.20. The van der Waals surface area contributed by atoms with Gasteiger partial charge in [0.15, 0.2) is 0 Å². The number of aryl methyl sites for hydroxylation is 1. The molecule has 7 heteroatoms. The summed E-state index contributed by atoms with van der Waals surface area (Å²) >= 11 is 1.60. The number of thiazole rings is 1. The number of ether oxygens (including phenoxy) is 1. The van der Waals surface area contributed by atoms with E-state index in [4.69, 9.17) is 4.74 Å². The number of rotatable bonds is 5. The fraction of sp³-hybridized carbons (Fsp3) is 0.444. The molecule has 1 aliphatic rings. The largest absolute Gasteiger partial charge is 0.378 e. The van der Waals surface area contributed by atoms with Crippen LogP contribution < -0.4 is 10.2 Å². The van der Waals surface area contributed by atoms with Gasteiger partial charge in [0.05, 0.1) is 30.5 Å². The van der Waals surface area contributed by atoms with E-state index in [-0.39, 0.29) is 6.03 Å². The van der Waals surface area contributed by atoms with Crippen molar-refractivity contribution in [2.24, 2.45) is 0 Å². The third-order valence-corrected chi connectivity index (χ3v) is 4.99. The molecule has 1 N–H and O–H groups in total. The van der Waals surface area contributed by atoms with Crippen molar-refractivity contribution in [3.05, 3.63) is 45.9 Å². The van der Waals surface area contributed by atoms with Crippen molar-refractivity contribution in [1.29, 1.82) is 0 Å². The highest BCUT2D eigenvalue weighted by Crippen LogP contribution is 2.16. The molecule has 1 saturated heterocycles. The lowest BCUT2D eigenvalue weighted by atomic mass is 10.2. The molecule has 6 nitrogen and oxygen atoms in total. The Balaban J connectivity index is 1.48. The minimum atomic E-state index is -0.0945. The third-order valence-electron chi connectivity index (χ3n) is 4.17. The van der Waals surface area contributed by atoms with E-state index >= 15 is 0 Å². The van der Waals surface area contributed by atoms with Gasteiger partial charge in [-0.15, -0.1) is 11.3 Å². The number of carbonyl (C=O) groups is 1. The Bertz CT molecular complexity index is 695. The molecule has 2 heterocycles. The smallest absolute Gasteiger partial charge is 0.317 e. The number of amides is 2. The second-order valence-electron chi connectivity index (χ2n) is 6.14. The van der Waals surface area contributed by atoms with Crippen molar-refractivity contribution in [2.45, 2.75) is 20.0 Å². The molecule has 0 bridgehead atoms. The Morgan fingerprint density at radius 3 is 2.68 bits per heavy atom. The van der Waals surface area contributed by atoms with Crippen molar-refractivity contribution in [3.8, 4) is 0 Å². The number of hydrogen-bond donors (Lipinski definition) is 1. The average Bonchev–Trinajstić information content (AvgIpc) is 3.05. The fourth-order valence-corrected chi connectivity index (χ4v) is 3.36. The van der Waals surface area contributed by atoms with E-state index in [9.17, 15) is 4.79 Å². The first-order valence-corrected chi connectivity index (χ1v) is 9.31. The molecule has 1 fully saturated rings. The van der Waals surface area contributed by atoms with Crippen LogP contribution in [-0.2, 0) is 17.8 Å². The molecule has 1 aliphatic heterocycles. The predicted molar refractivity (Wildman–Crippen MR) is 100 cm³/mol. The summed E-state index contributed by atoms with van der Waals surface area (Å²) in [6.45, 7) is 6.42. The zero-order chi connectivity index (χ0) is 17.6. The maximum absolute atomic E-state index is 12.2. The van der Waals surface area contributed by atoms with Crippen LogP contribution in [0.1, 0.15) is 16.3 Å². The third kappa shape index (κ3) is 4.93. The Morgan fingerprint density at radius 1 is 1.32 bits per heavy atom. The molecule has 134 valence electrons. The molecule has 2 aromatic rings. The summed E-state index contributed by atoms with van der Waals surface area (Å²) in [5, 5.41) is 5.96. The summed E-state index contributed by atoms with van der Waals surface area (Å²) in [5.41, 5.74) is 3.22. The van der Waals surface area contributed by atoms with Crippen LogP contribution in [0, 0.1) is 6.92 Å². The number of urea groups is 1. The molecule has 25 heavy (non-hydrogen) atoms. The zero-order valence-electron chi connectivity index (χ0n) is 14.7. The van der Waals surface area contributed by atoms with Crippen LogP contribution >= 0.6 is 11.3 Å². The first-order chi connectivity index (χ1) is 12.1. The molecule has 1 aromatic heterocycles. The first-order valence-electron chi connectivity index (χ1n) is 8.43. The Labute approximate surface area is 152 Å². The van der Waals surface area contributed by atoms with Gasteiger partial charge in [0, 0.05) is 37.7 Å². The topological polar surface area (TPSA) is 57.7 Å². The van der Waals surface area contributed by atoms with Gasteiger partial charge in [-0.2, -0.15) is 0 Å². The van der Waals surface area contributed by atoms with E-state index in [0.29, 0.717) is 13.1 Å². The van der Waals surface area contributed by atoms with Crippen LogP contribution in [0.25, 0.3) is 0 Å². The van der Waals surface area contributed by atoms with Gasteiger partial charge in [-0.25, -0.2) is 9.78 Å². The number of nitrogens with zero attached hydrogens (tertiary/aromatic N) is 3. The summed E-state index contributed by atoms with van der Waals surface area (Å²) in [7, 11) is 1.78. The highest BCUT2D eigenvalue weighted by Gasteiger charge is 2.12. The quantitative estimate of drug-likeness (QED) is 0.891. The number of anilines is 1. The zero-order valence-corrected chi connectivity index (χ0v) is 15.5. The highest BCUT2D eigenvalue weighted by molar-refractivity contribution is 7.09. The minimum Gasteiger partial charge on any atom is -0.378 e. The van der Waals surface area contributed by atoms with E-state index in [1.165, 1.54) is 5.69 Å². The molecular formula is C18H24N4O2S. The summed E-state index contributed by atoms with van der Waals surface area (Å²) in [4.78, 5) is 20.6. The van der Waals surface area contributed by atoms with Crippen LogP contribution in [0.4, 0.5) is 10.5 Å². The number of benzene rings is 1. The fourth-order valence-electron chi connectivity index (χ4n) is 2.75. The lowest BCUT2D eigenvalue weighted by Crippen LogP contribution is -2.36. The standard InChI is InChI=1S/C18H24N4O2S/c1-14-20-16(13-25-14)12-21(2)18(23)19-11-15-3-5-17(6-4-15)22-7-9-24-10-8-22/h3-6,13H,7-12H2,1-2H3,(H,19,23). The van der Waals surface area contributed by atoms with E-state index in [1.54, 1.807) is 23.3 Å². The molecule has 0 aliphatic carbocycles. The summed E-state index contributed by atoms with van der Waals surface area (Å²) < 4.78 is 5.38. The summed E-state index contributed by atoms with van der Waals surface area (Å²) in [6, 6.07) is 8.25. The van der Waals surface area contributed by atoms with Crippen LogP contribution in [0.5, 0.6) is 0 Å². The molecule has 0 spiro atoms. The van der Waals surface area contributed by atoms with Gasteiger partial charge in [-0.3, -0.25) is 0 Å². The Morgan fingerprint density at radius 2 is 2.04 bits per heavy atom. The first kappa shape index (κ1) is 17.7. The van der Waals surface area contributed by atoms with Gasteiger partial charge in [0.1, 0.15) is 0 Å². The van der Waals surface area contributed by atoms with Gasteiger partial charge < -0.3 is 19.9 Å². The molecule has 2 amide bonds. The van der Waals surface area contributed by atoms with Gasteiger partial charge in [0.25, 0.3) is 0 Å². The lowest BCUT2D eigenvalue weighted by molar-refractivity contribution is 0.122. The minimum absolute atomic E-state index is 0.0945. The molecule has 0 saturated carbocycles. The van der Waals surface area contributed by atoms with Crippen LogP contribution in [0.15, 0.2) is 29.6 Å². The van der Waals surface area contributed by atoms with Crippen molar-refractivity contribution >= 4 is 23.1 Å². The average molecular weight is 360 g/mol. The second kappa shape index (κ2) is 8.31. The van der Waals surface area contributed by atoms with Gasteiger partial charge in [0.2, 0.25) is 0 Å². The molecule has 1 aromatic carbocycles. The van der Waals surface area contributed by atoms with E-state index in [0.717, 1.165) is 42.6 Å². The van der Waals surface area contributed by atoms with E-state index in [2.05, 4.69) is 39.5 Å². The van der Waals surface area contributed by atoms with Crippen molar-refractivity contribution in [3.63, 3.8) is 0 Å². The molecule has 0 unspecified atom stereocenters. The maximum Gasteiger partial charge on any atom is 0.317 e. The van der Waals surface area contributed by atoms with Crippen LogP contribution in [-0.4, -0.2) is 49.3 Å². The molecular weight excluding hydrogens is 336 g/mol. The number of hydrogen-bond acceptors (Lipinski definition) is 5. The number of nitrogens with one attached hydrogen (secondary N) is 1. The molecule has 0 radical (unpaired) electrons. The van der Waals surface area contributed by atoms with Crippen LogP contribution in [0.2, 0.25) is 0 Å². The van der Waals surface area contributed by atoms with Crippen molar-refractivity contribution in [1.82, 2.24) is 15.2 Å². The van der Waals surface area contributed by atoms with Crippen LogP contribution in [0.3, 0.4) is 0 Å². The predicted octanol–water partition coefficient (Wildman–Crippen LogP) is 2.63. The van der Waals surface area contributed by atoms with E-state index < -0.39 is 0 Å². The van der Waals surface area contributed by atoms with Crippen molar-refractivity contribution < 1.29 is 9.53 Å². The maximum atomic E-state index is 12.2.